The molecule has 0 radical (unpaired) electrons. The van der Waals surface area contributed by atoms with Crippen LogP contribution in [0.25, 0.3) is 0 Å². The van der Waals surface area contributed by atoms with Gasteiger partial charge in [-0.2, -0.15) is 0 Å². The summed E-state index contributed by atoms with van der Waals surface area (Å²) >= 11 is 0. The molecule has 1 aliphatic carbocycles. The summed E-state index contributed by atoms with van der Waals surface area (Å²) in [6.45, 7) is 5.76. The lowest BCUT2D eigenvalue weighted by Crippen LogP contribution is -1.83. The van der Waals surface area contributed by atoms with E-state index in [1.165, 1.54) is 11.1 Å². The van der Waals surface area contributed by atoms with Gasteiger partial charge in [0.25, 0.3) is 0 Å². The van der Waals surface area contributed by atoms with E-state index in [0.717, 1.165) is 6.42 Å². The Morgan fingerprint density at radius 2 is 2.25 bits per heavy atom. The number of hydrogen-bond donors (Lipinski definition) is 0. The first kappa shape index (κ1) is 8.79. The van der Waals surface area contributed by atoms with E-state index in [9.17, 15) is 0 Å². The molecule has 0 heteroatoms. The van der Waals surface area contributed by atoms with Crippen molar-refractivity contribution in [3.05, 3.63) is 60.3 Å². The smallest absolute Gasteiger partial charge is 0.00885 e. The van der Waals surface area contributed by atoms with Gasteiger partial charge in [0.2, 0.25) is 0 Å². The maximum Gasteiger partial charge on any atom is -0.00885 e. The molecule has 0 aromatic rings. The predicted octanol–water partition coefficient (Wildman–Crippen LogP) is 3.56. The fraction of sp³-hybridized carbons (Fsp3) is 0.167. The van der Waals surface area contributed by atoms with Crippen LogP contribution in [0.1, 0.15) is 13.3 Å². The Kier molecular flexibility index (Phi) is 3.34. The van der Waals surface area contributed by atoms with Gasteiger partial charge in [-0.25, -0.2) is 0 Å². The van der Waals surface area contributed by atoms with Gasteiger partial charge in [0.05, 0.1) is 0 Å². The van der Waals surface area contributed by atoms with Crippen LogP contribution in [0, 0.1) is 0 Å². The van der Waals surface area contributed by atoms with Crippen LogP contribution in [0.2, 0.25) is 0 Å². The predicted molar refractivity (Wildman–Crippen MR) is 54.9 cm³/mol. The van der Waals surface area contributed by atoms with E-state index < -0.39 is 0 Å². The van der Waals surface area contributed by atoms with Crippen molar-refractivity contribution < 1.29 is 0 Å². The molecule has 62 valence electrons. The Hall–Kier alpha value is -1.30. The van der Waals surface area contributed by atoms with Crippen LogP contribution in [0.15, 0.2) is 60.3 Å². The van der Waals surface area contributed by atoms with Crippen LogP contribution in [-0.2, 0) is 0 Å². The summed E-state index contributed by atoms with van der Waals surface area (Å²) in [5, 5.41) is 0. The van der Waals surface area contributed by atoms with Gasteiger partial charge in [-0.15, -0.1) is 0 Å². The molecule has 0 saturated heterocycles. The van der Waals surface area contributed by atoms with Crippen LogP contribution in [0.5, 0.6) is 0 Å². The number of hydrogen-bond acceptors (Lipinski definition) is 0. The third kappa shape index (κ3) is 2.09. The van der Waals surface area contributed by atoms with Crippen molar-refractivity contribution in [2.45, 2.75) is 13.3 Å². The minimum absolute atomic E-state index is 0.999. The third-order valence-corrected chi connectivity index (χ3v) is 1.86. The van der Waals surface area contributed by atoms with Crippen molar-refractivity contribution in [1.29, 1.82) is 0 Å². The van der Waals surface area contributed by atoms with Crippen molar-refractivity contribution >= 4 is 0 Å². The average Bonchev–Trinajstić information content (AvgIpc) is 2.30. The highest BCUT2D eigenvalue weighted by Crippen LogP contribution is 2.18. The molecule has 0 bridgehead atoms. The fourth-order valence-corrected chi connectivity index (χ4v) is 1.25. The van der Waals surface area contributed by atoms with Gasteiger partial charge in [0.15, 0.2) is 0 Å². The Morgan fingerprint density at radius 3 is 2.92 bits per heavy atom. The van der Waals surface area contributed by atoms with E-state index in [4.69, 9.17) is 0 Å². The molecular weight excluding hydrogens is 144 g/mol. The van der Waals surface area contributed by atoms with Crippen molar-refractivity contribution in [3.63, 3.8) is 0 Å². The van der Waals surface area contributed by atoms with Crippen LogP contribution in [0.4, 0.5) is 0 Å². The van der Waals surface area contributed by atoms with Crippen LogP contribution in [0.3, 0.4) is 0 Å². The second kappa shape index (κ2) is 4.55. The van der Waals surface area contributed by atoms with E-state index in [0.29, 0.717) is 0 Å². The van der Waals surface area contributed by atoms with Crippen molar-refractivity contribution in [2.75, 3.05) is 0 Å². The molecule has 0 heterocycles. The molecule has 1 rings (SSSR count). The summed E-state index contributed by atoms with van der Waals surface area (Å²) in [4.78, 5) is 0. The molecule has 0 spiro atoms. The van der Waals surface area contributed by atoms with Crippen LogP contribution < -0.4 is 0 Å². The van der Waals surface area contributed by atoms with Gasteiger partial charge in [-0.3, -0.25) is 0 Å². The first-order chi connectivity index (χ1) is 5.88. The Morgan fingerprint density at radius 1 is 1.42 bits per heavy atom. The van der Waals surface area contributed by atoms with Gasteiger partial charge in [-0.1, -0.05) is 49.1 Å². The summed E-state index contributed by atoms with van der Waals surface area (Å²) in [6.07, 6.45) is 15.5. The molecule has 0 unspecified atom stereocenters. The second-order valence-corrected chi connectivity index (χ2v) is 2.66. The van der Waals surface area contributed by atoms with E-state index >= 15 is 0 Å². The Bertz CT molecular complexity index is 272. The maximum absolute atomic E-state index is 3.70. The quantitative estimate of drug-likeness (QED) is 0.547. The largest absolute Gasteiger partial charge is 0.0991 e. The second-order valence-electron chi connectivity index (χ2n) is 2.66. The van der Waals surface area contributed by atoms with Crippen molar-refractivity contribution in [3.8, 4) is 0 Å². The highest BCUT2D eigenvalue weighted by molar-refractivity contribution is 5.44. The van der Waals surface area contributed by atoms with E-state index in [1.54, 1.807) is 0 Å². The lowest BCUT2D eigenvalue weighted by atomic mass is 10.0. The summed E-state index contributed by atoms with van der Waals surface area (Å²) in [5.74, 6) is 0. The SMILES string of the molecule is C=C/C=C1/CC=CC=C/C1=C/C. The van der Waals surface area contributed by atoms with E-state index in [1.807, 2.05) is 6.08 Å². The molecule has 0 amide bonds. The first-order valence-electron chi connectivity index (χ1n) is 4.20. The summed E-state index contributed by atoms with van der Waals surface area (Å²) in [6, 6.07) is 0. The molecule has 0 saturated carbocycles. The minimum atomic E-state index is 0.999. The van der Waals surface area contributed by atoms with Gasteiger partial charge < -0.3 is 0 Å². The van der Waals surface area contributed by atoms with Gasteiger partial charge in [0.1, 0.15) is 0 Å². The monoisotopic (exact) mass is 158 g/mol. The molecule has 0 aliphatic heterocycles. The molecule has 0 aromatic heterocycles. The Labute approximate surface area is 74.3 Å². The van der Waals surface area contributed by atoms with Crippen molar-refractivity contribution in [1.82, 2.24) is 0 Å². The Balaban J connectivity index is 2.97. The fourth-order valence-electron chi connectivity index (χ4n) is 1.25. The van der Waals surface area contributed by atoms with Crippen LogP contribution in [-0.4, -0.2) is 0 Å². The van der Waals surface area contributed by atoms with E-state index in [-0.39, 0.29) is 0 Å². The zero-order valence-electron chi connectivity index (χ0n) is 7.46. The van der Waals surface area contributed by atoms with Gasteiger partial charge in [0, 0.05) is 0 Å². The van der Waals surface area contributed by atoms with Crippen molar-refractivity contribution in [2.24, 2.45) is 0 Å². The topological polar surface area (TPSA) is 0 Å². The lowest BCUT2D eigenvalue weighted by molar-refractivity contribution is 1.25. The highest BCUT2D eigenvalue weighted by Gasteiger charge is 1.99. The third-order valence-electron chi connectivity index (χ3n) is 1.86. The van der Waals surface area contributed by atoms with Crippen LogP contribution >= 0.6 is 0 Å². The molecule has 0 aromatic carbocycles. The lowest BCUT2D eigenvalue weighted by Gasteiger charge is -2.02. The van der Waals surface area contributed by atoms with Gasteiger partial charge >= 0.3 is 0 Å². The standard InChI is InChI=1S/C12H14/c1-3-8-12-10-7-5-6-9-11(12)4-2/h3-9H,1,10H2,2H3/b11-4-,12-8-. The molecule has 12 heavy (non-hydrogen) atoms. The van der Waals surface area contributed by atoms with E-state index in [2.05, 4.69) is 50.0 Å². The number of allylic oxidation sites excluding steroid dienone is 9. The normalized spacial score (nSPS) is 23.1. The summed E-state index contributed by atoms with van der Waals surface area (Å²) in [7, 11) is 0. The molecular formula is C12H14. The zero-order valence-corrected chi connectivity index (χ0v) is 7.46. The molecule has 0 N–H and O–H groups in total. The molecule has 0 nitrogen and oxygen atoms in total. The summed E-state index contributed by atoms with van der Waals surface area (Å²) in [5.41, 5.74) is 2.62. The molecule has 0 fully saturated rings. The minimum Gasteiger partial charge on any atom is -0.0991 e. The number of rotatable bonds is 1. The average molecular weight is 158 g/mol. The molecule has 0 atom stereocenters. The van der Waals surface area contributed by atoms with Gasteiger partial charge in [-0.05, 0) is 24.5 Å². The zero-order chi connectivity index (χ0) is 8.81. The first-order valence-corrected chi connectivity index (χ1v) is 4.20. The highest BCUT2D eigenvalue weighted by atomic mass is 14.0. The molecule has 1 aliphatic rings. The summed E-state index contributed by atoms with van der Waals surface area (Å²) < 4.78 is 0. The maximum atomic E-state index is 3.70.